The van der Waals surface area contributed by atoms with Crippen LogP contribution in [0, 0.1) is 5.92 Å². The van der Waals surface area contributed by atoms with Crippen LogP contribution in [0.3, 0.4) is 0 Å². The van der Waals surface area contributed by atoms with E-state index < -0.39 is 5.60 Å². The van der Waals surface area contributed by atoms with E-state index in [1.165, 1.54) is 0 Å². The molecular weight excluding hydrogens is 220 g/mol. The first kappa shape index (κ1) is 14.3. The number of hydrogen-bond donors (Lipinski definition) is 1. The van der Waals surface area contributed by atoms with Crippen LogP contribution in [0.4, 0.5) is 4.79 Å². The van der Waals surface area contributed by atoms with Crippen molar-refractivity contribution in [3.63, 3.8) is 0 Å². The van der Waals surface area contributed by atoms with Crippen molar-refractivity contribution in [2.45, 2.75) is 38.8 Å². The average molecular weight is 244 g/mol. The van der Waals surface area contributed by atoms with Crippen LogP contribution in [0.15, 0.2) is 0 Å². The Balaban J connectivity index is 2.54. The molecule has 1 fully saturated rings. The van der Waals surface area contributed by atoms with Crippen LogP contribution in [0.2, 0.25) is 0 Å². The fourth-order valence-corrected chi connectivity index (χ4v) is 2.08. The second kappa shape index (κ2) is 5.69. The largest absolute Gasteiger partial charge is 0.444 e. The van der Waals surface area contributed by atoms with Crippen molar-refractivity contribution in [1.82, 2.24) is 4.90 Å². The van der Waals surface area contributed by atoms with Gasteiger partial charge in [-0.05, 0) is 27.2 Å². The third-order valence-corrected chi connectivity index (χ3v) is 2.62. The average Bonchev–Trinajstić information content (AvgIpc) is 2.14. The fourth-order valence-electron chi connectivity index (χ4n) is 2.08. The second-order valence-corrected chi connectivity index (χ2v) is 5.70. The van der Waals surface area contributed by atoms with Crippen LogP contribution >= 0.6 is 0 Å². The third-order valence-electron chi connectivity index (χ3n) is 2.62. The lowest BCUT2D eigenvalue weighted by Gasteiger charge is -2.36. The number of likely N-dealkylation sites (tertiary alicyclic amines) is 1. The van der Waals surface area contributed by atoms with Crippen LogP contribution in [-0.4, -0.2) is 49.4 Å². The van der Waals surface area contributed by atoms with Crippen LogP contribution in [0.25, 0.3) is 0 Å². The monoisotopic (exact) mass is 244 g/mol. The van der Waals surface area contributed by atoms with E-state index in [1.807, 2.05) is 20.8 Å². The summed E-state index contributed by atoms with van der Waals surface area (Å²) >= 11 is 0. The van der Waals surface area contributed by atoms with Gasteiger partial charge in [-0.1, -0.05) is 0 Å². The van der Waals surface area contributed by atoms with Gasteiger partial charge in [0.1, 0.15) is 5.60 Å². The lowest BCUT2D eigenvalue weighted by atomic mass is 9.96. The van der Waals surface area contributed by atoms with Gasteiger partial charge in [0.25, 0.3) is 0 Å². The Bertz CT molecular complexity index is 263. The summed E-state index contributed by atoms with van der Waals surface area (Å²) in [6.07, 6.45) is 0.612. The van der Waals surface area contributed by atoms with Gasteiger partial charge < -0.3 is 20.1 Å². The maximum atomic E-state index is 11.9. The maximum absolute atomic E-state index is 11.9. The van der Waals surface area contributed by atoms with Crippen LogP contribution in [0.5, 0.6) is 0 Å². The summed E-state index contributed by atoms with van der Waals surface area (Å²) in [6, 6.07) is 0.0106. The van der Waals surface area contributed by atoms with Gasteiger partial charge >= 0.3 is 6.09 Å². The van der Waals surface area contributed by atoms with E-state index >= 15 is 0 Å². The van der Waals surface area contributed by atoms with Gasteiger partial charge in [0.2, 0.25) is 0 Å². The molecule has 2 atom stereocenters. The van der Waals surface area contributed by atoms with E-state index in [4.69, 9.17) is 15.2 Å². The van der Waals surface area contributed by atoms with E-state index in [9.17, 15) is 4.79 Å². The van der Waals surface area contributed by atoms with E-state index in [0.717, 1.165) is 6.42 Å². The van der Waals surface area contributed by atoms with Crippen LogP contribution in [0.1, 0.15) is 27.2 Å². The highest BCUT2D eigenvalue weighted by molar-refractivity contribution is 5.68. The van der Waals surface area contributed by atoms with Crippen molar-refractivity contribution >= 4 is 6.09 Å². The minimum Gasteiger partial charge on any atom is -0.444 e. The van der Waals surface area contributed by atoms with Gasteiger partial charge in [0, 0.05) is 32.2 Å². The molecule has 0 aromatic carbocycles. The molecule has 1 aliphatic rings. The van der Waals surface area contributed by atoms with Gasteiger partial charge in [0.15, 0.2) is 0 Å². The molecule has 0 aromatic heterocycles. The molecule has 0 spiro atoms. The van der Waals surface area contributed by atoms with Crippen molar-refractivity contribution in [2.75, 3.05) is 26.8 Å². The topological polar surface area (TPSA) is 64.8 Å². The molecule has 0 unspecified atom stereocenters. The summed E-state index contributed by atoms with van der Waals surface area (Å²) in [5.41, 5.74) is 5.48. The molecule has 0 aromatic rings. The van der Waals surface area contributed by atoms with E-state index in [1.54, 1.807) is 12.0 Å². The first-order valence-electron chi connectivity index (χ1n) is 6.04. The molecule has 1 heterocycles. The molecule has 0 radical (unpaired) electrons. The number of rotatable bonds is 2. The normalized spacial score (nSPS) is 25.8. The van der Waals surface area contributed by atoms with Gasteiger partial charge in [0.05, 0.1) is 6.61 Å². The summed E-state index contributed by atoms with van der Waals surface area (Å²) in [5.74, 6) is 0.302. The van der Waals surface area contributed by atoms with Crippen molar-refractivity contribution in [1.29, 1.82) is 0 Å². The minimum atomic E-state index is -0.463. The Morgan fingerprint density at radius 1 is 1.41 bits per heavy atom. The fraction of sp³-hybridized carbons (Fsp3) is 0.917. The molecule has 1 rings (SSSR count). The number of amides is 1. The van der Waals surface area contributed by atoms with Gasteiger partial charge in [-0.3, -0.25) is 0 Å². The molecule has 1 saturated heterocycles. The zero-order chi connectivity index (χ0) is 13.1. The highest BCUT2D eigenvalue weighted by atomic mass is 16.6. The number of hydrogen-bond acceptors (Lipinski definition) is 4. The zero-order valence-electron chi connectivity index (χ0n) is 11.2. The number of piperidine rings is 1. The third kappa shape index (κ3) is 4.91. The quantitative estimate of drug-likeness (QED) is 0.793. The molecule has 0 aliphatic carbocycles. The first-order chi connectivity index (χ1) is 7.81. The Hall–Kier alpha value is -0.810. The summed E-state index contributed by atoms with van der Waals surface area (Å²) in [5, 5.41) is 0. The minimum absolute atomic E-state index is 0.0106. The SMILES string of the molecule is COC[C@H]1C[C@H](N)CN(C(=O)OC(C)(C)C)C1. The van der Waals surface area contributed by atoms with Gasteiger partial charge in [-0.15, -0.1) is 0 Å². The summed E-state index contributed by atoms with van der Waals surface area (Å²) in [6.45, 7) is 7.45. The van der Waals surface area contributed by atoms with Crippen LogP contribution < -0.4 is 5.73 Å². The van der Waals surface area contributed by atoms with Gasteiger partial charge in [-0.25, -0.2) is 4.79 Å². The van der Waals surface area contributed by atoms with E-state index in [-0.39, 0.29) is 12.1 Å². The number of carbonyl (C=O) groups excluding carboxylic acids is 1. The molecule has 5 heteroatoms. The Kier molecular flexibility index (Phi) is 4.77. The molecule has 1 aliphatic heterocycles. The Morgan fingerprint density at radius 2 is 2.06 bits per heavy atom. The van der Waals surface area contributed by atoms with Crippen LogP contribution in [-0.2, 0) is 9.47 Å². The maximum Gasteiger partial charge on any atom is 0.410 e. The first-order valence-corrected chi connectivity index (χ1v) is 6.04. The highest BCUT2D eigenvalue weighted by Gasteiger charge is 2.30. The molecule has 5 nitrogen and oxygen atoms in total. The second-order valence-electron chi connectivity index (χ2n) is 5.70. The summed E-state index contributed by atoms with van der Waals surface area (Å²) in [4.78, 5) is 13.6. The van der Waals surface area contributed by atoms with Gasteiger partial charge in [-0.2, -0.15) is 0 Å². The smallest absolute Gasteiger partial charge is 0.410 e. The number of carbonyl (C=O) groups is 1. The lowest BCUT2D eigenvalue weighted by Crippen LogP contribution is -2.51. The standard InChI is InChI=1S/C12H24N2O3/c1-12(2,3)17-11(15)14-6-9(8-16-4)5-10(13)7-14/h9-10H,5-8,13H2,1-4H3/t9-,10-/m0/s1. The number of nitrogens with two attached hydrogens (primary N) is 1. The van der Waals surface area contributed by atoms with Crippen molar-refractivity contribution in [2.24, 2.45) is 11.7 Å². The molecule has 0 bridgehead atoms. The number of ether oxygens (including phenoxy) is 2. The molecule has 2 N–H and O–H groups in total. The predicted octanol–water partition coefficient (Wildman–Crippen LogP) is 1.22. The molecule has 17 heavy (non-hydrogen) atoms. The number of methoxy groups -OCH3 is 1. The molecule has 1 amide bonds. The highest BCUT2D eigenvalue weighted by Crippen LogP contribution is 2.19. The number of nitrogens with zero attached hydrogens (tertiary/aromatic N) is 1. The van der Waals surface area contributed by atoms with Crippen molar-refractivity contribution < 1.29 is 14.3 Å². The predicted molar refractivity (Wildman–Crippen MR) is 65.8 cm³/mol. The molecule has 100 valence electrons. The molecular formula is C12H24N2O3. The lowest BCUT2D eigenvalue weighted by molar-refractivity contribution is 0.00817. The summed E-state index contributed by atoms with van der Waals surface area (Å²) in [7, 11) is 1.66. The van der Waals surface area contributed by atoms with Crippen molar-refractivity contribution in [3.8, 4) is 0 Å². The molecule has 0 saturated carbocycles. The van der Waals surface area contributed by atoms with E-state index in [0.29, 0.717) is 25.6 Å². The van der Waals surface area contributed by atoms with Crippen molar-refractivity contribution in [3.05, 3.63) is 0 Å². The Labute approximate surface area is 103 Å². The Morgan fingerprint density at radius 3 is 2.59 bits per heavy atom. The summed E-state index contributed by atoms with van der Waals surface area (Å²) < 4.78 is 10.5. The van der Waals surface area contributed by atoms with E-state index in [2.05, 4.69) is 0 Å². The zero-order valence-corrected chi connectivity index (χ0v) is 11.2.